The van der Waals surface area contributed by atoms with E-state index >= 15 is 0 Å². The number of halogens is 2. The van der Waals surface area contributed by atoms with Crippen LogP contribution < -0.4 is 32.9 Å². The number of aromatic nitrogens is 1. The molecule has 4 nitrogen and oxygen atoms in total. The highest BCUT2D eigenvalue weighted by molar-refractivity contribution is 5.85. The Hall–Kier alpha value is -0.710. The van der Waals surface area contributed by atoms with Gasteiger partial charge < -0.3 is 23.0 Å². The number of fused-ring (bicyclic) bond motifs is 1. The largest absolute Gasteiger partial charge is 1.00 e. The maximum atomic E-state index is 3.40. The van der Waals surface area contributed by atoms with E-state index in [4.69, 9.17) is 0 Å². The van der Waals surface area contributed by atoms with Gasteiger partial charge in [-0.05, 0) is 25.2 Å². The standard InChI is InChI=1S/C11H16N4.2ClH/c1-2-10-11(14-8-13-10)15(7-1)9-3-5-12-6-4-9;;/h1-2,7,9,12-13H,3-6,8H2;2*1H. The zero-order valence-corrected chi connectivity index (χ0v) is 11.2. The molecule has 1 fully saturated rings. The molecule has 1 aromatic heterocycles. The highest BCUT2D eigenvalue weighted by Gasteiger charge is 2.26. The molecule has 2 aliphatic rings. The molecule has 0 aromatic carbocycles. The summed E-state index contributed by atoms with van der Waals surface area (Å²) in [6, 6.07) is 4.90. The number of hydrogen-bond donors (Lipinski definition) is 3. The summed E-state index contributed by atoms with van der Waals surface area (Å²) in [7, 11) is 0. The van der Waals surface area contributed by atoms with Gasteiger partial charge in [-0.1, -0.05) is 0 Å². The third-order valence-electron chi connectivity index (χ3n) is 3.26. The topological polar surface area (TPSA) is 40.0 Å². The summed E-state index contributed by atoms with van der Waals surface area (Å²) >= 11 is 0. The minimum absolute atomic E-state index is 0. The molecule has 0 amide bonds. The van der Waals surface area contributed by atoms with Gasteiger partial charge in [0.15, 0.2) is 6.67 Å². The summed E-state index contributed by atoms with van der Waals surface area (Å²) in [4.78, 5) is 0. The van der Waals surface area contributed by atoms with Crippen molar-refractivity contribution < 1.29 is 17.0 Å². The highest BCUT2D eigenvalue weighted by atomic mass is 35.5. The molecule has 6 heteroatoms. The second-order valence-corrected chi connectivity index (χ2v) is 4.19. The summed E-state index contributed by atoms with van der Waals surface area (Å²) in [6.07, 6.45) is 4.64. The Bertz CT molecular complexity index is 366. The summed E-state index contributed by atoms with van der Waals surface area (Å²) in [5.74, 6) is 1.25. The fraction of sp³-hybridized carbons (Fsp3) is 0.545. The fourth-order valence-corrected chi connectivity index (χ4v) is 2.47. The fourth-order valence-electron chi connectivity index (χ4n) is 2.47. The minimum Gasteiger partial charge on any atom is -1.00 e. The lowest BCUT2D eigenvalue weighted by Crippen LogP contribution is -3.00. The van der Waals surface area contributed by atoms with Crippen molar-refractivity contribution in [2.24, 2.45) is 0 Å². The second kappa shape index (κ2) is 6.28. The first-order chi connectivity index (χ1) is 7.45. The molecule has 17 heavy (non-hydrogen) atoms. The van der Waals surface area contributed by atoms with Gasteiger partial charge in [-0.25, -0.2) is 4.57 Å². The van der Waals surface area contributed by atoms with Crippen LogP contribution in [0.2, 0.25) is 0 Å². The van der Waals surface area contributed by atoms with Crippen LogP contribution in [0.3, 0.4) is 0 Å². The van der Waals surface area contributed by atoms with E-state index in [1.165, 1.54) is 24.3 Å². The normalized spacial score (nSPS) is 18.1. The Labute approximate surface area is 114 Å². The summed E-state index contributed by atoms with van der Waals surface area (Å²) in [5.41, 5.74) is 1.23. The second-order valence-electron chi connectivity index (χ2n) is 4.19. The van der Waals surface area contributed by atoms with Crippen LogP contribution in [0.1, 0.15) is 18.9 Å². The van der Waals surface area contributed by atoms with E-state index < -0.39 is 0 Å². The Morgan fingerprint density at radius 2 is 1.94 bits per heavy atom. The number of nitrogens with zero attached hydrogens (tertiary/aromatic N) is 1. The van der Waals surface area contributed by atoms with E-state index in [2.05, 4.69) is 38.8 Å². The Morgan fingerprint density at radius 3 is 2.71 bits per heavy atom. The summed E-state index contributed by atoms with van der Waals surface area (Å²) in [5, 5.41) is 10.1. The first-order valence-corrected chi connectivity index (χ1v) is 5.68. The van der Waals surface area contributed by atoms with Gasteiger partial charge in [0.1, 0.15) is 11.7 Å². The molecule has 0 radical (unpaired) electrons. The highest BCUT2D eigenvalue weighted by Crippen LogP contribution is 2.24. The van der Waals surface area contributed by atoms with Crippen LogP contribution in [0.15, 0.2) is 18.3 Å². The molecule has 1 saturated heterocycles. The molecule has 1 aromatic rings. The van der Waals surface area contributed by atoms with E-state index in [1.807, 2.05) is 0 Å². The molecule has 3 N–H and O–H groups in total. The van der Waals surface area contributed by atoms with Crippen LogP contribution in [0.4, 0.5) is 11.5 Å². The number of nitrogens with one attached hydrogen (secondary N) is 3. The van der Waals surface area contributed by atoms with Gasteiger partial charge in [0.25, 0.3) is 5.82 Å². The van der Waals surface area contributed by atoms with Gasteiger partial charge in [0, 0.05) is 12.8 Å². The van der Waals surface area contributed by atoms with E-state index in [9.17, 15) is 0 Å². The SMILES string of the molecule is Cl.[Cl-].c1cc2c([n+](C3CCNCC3)c1)NCN2. The number of pyridine rings is 1. The molecule has 0 unspecified atom stereocenters. The third-order valence-corrected chi connectivity index (χ3v) is 3.26. The van der Waals surface area contributed by atoms with Gasteiger partial charge in [0.05, 0.1) is 6.20 Å². The average Bonchev–Trinajstić information content (AvgIpc) is 2.78. The zero-order valence-electron chi connectivity index (χ0n) is 9.58. The monoisotopic (exact) mass is 276 g/mol. The first-order valence-electron chi connectivity index (χ1n) is 5.68. The van der Waals surface area contributed by atoms with Crippen LogP contribution in [0.5, 0.6) is 0 Å². The van der Waals surface area contributed by atoms with Crippen LogP contribution in [0.25, 0.3) is 0 Å². The number of piperidine rings is 1. The Kier molecular flexibility index (Phi) is 5.31. The first kappa shape index (κ1) is 14.4. The summed E-state index contributed by atoms with van der Waals surface area (Å²) in [6.45, 7) is 3.12. The predicted molar refractivity (Wildman–Crippen MR) is 67.1 cm³/mol. The smallest absolute Gasteiger partial charge is 0.299 e. The van der Waals surface area contributed by atoms with Crippen molar-refractivity contribution in [2.75, 3.05) is 30.4 Å². The van der Waals surface area contributed by atoms with Crippen LogP contribution in [0, 0.1) is 0 Å². The average molecular weight is 277 g/mol. The van der Waals surface area contributed by atoms with Crippen molar-refractivity contribution in [1.29, 1.82) is 0 Å². The molecule has 0 spiro atoms. The van der Waals surface area contributed by atoms with Gasteiger partial charge >= 0.3 is 0 Å². The number of hydrogen-bond acceptors (Lipinski definition) is 3. The maximum Gasteiger partial charge on any atom is 0.299 e. The minimum atomic E-state index is 0. The molecule has 3 heterocycles. The third kappa shape index (κ3) is 2.76. The summed E-state index contributed by atoms with van der Waals surface area (Å²) < 4.78 is 2.39. The van der Waals surface area contributed by atoms with E-state index in [-0.39, 0.29) is 24.8 Å². The van der Waals surface area contributed by atoms with Gasteiger partial charge in [0.2, 0.25) is 0 Å². The number of rotatable bonds is 1. The molecular formula is C11H18Cl2N4. The van der Waals surface area contributed by atoms with E-state index in [1.54, 1.807) is 0 Å². The predicted octanol–water partition coefficient (Wildman–Crippen LogP) is -1.88. The lowest BCUT2D eigenvalue weighted by atomic mass is 10.1. The maximum absolute atomic E-state index is 3.40. The molecule has 3 rings (SSSR count). The molecule has 2 aliphatic heterocycles. The van der Waals surface area contributed by atoms with Crippen molar-refractivity contribution in [3.05, 3.63) is 18.3 Å². The molecule has 96 valence electrons. The van der Waals surface area contributed by atoms with Crippen molar-refractivity contribution >= 4 is 23.9 Å². The lowest BCUT2D eigenvalue weighted by Gasteiger charge is -2.22. The van der Waals surface area contributed by atoms with Crippen molar-refractivity contribution in [3.63, 3.8) is 0 Å². The van der Waals surface area contributed by atoms with Crippen LogP contribution in [-0.2, 0) is 0 Å². The zero-order chi connectivity index (χ0) is 10.1. The van der Waals surface area contributed by atoms with Crippen LogP contribution in [-0.4, -0.2) is 19.8 Å². The lowest BCUT2D eigenvalue weighted by molar-refractivity contribution is -0.711. The van der Waals surface area contributed by atoms with Gasteiger partial charge in [-0.3, -0.25) is 5.32 Å². The molecule has 0 bridgehead atoms. The van der Waals surface area contributed by atoms with E-state index in [0.29, 0.717) is 6.04 Å². The van der Waals surface area contributed by atoms with Crippen molar-refractivity contribution in [3.8, 4) is 0 Å². The van der Waals surface area contributed by atoms with Crippen molar-refractivity contribution in [1.82, 2.24) is 5.32 Å². The van der Waals surface area contributed by atoms with Gasteiger partial charge in [-0.15, -0.1) is 12.4 Å². The Balaban J connectivity index is 0.000000722. The van der Waals surface area contributed by atoms with Crippen molar-refractivity contribution in [2.45, 2.75) is 18.9 Å². The molecular weight excluding hydrogens is 259 g/mol. The van der Waals surface area contributed by atoms with Gasteiger partial charge in [-0.2, -0.15) is 0 Å². The molecule has 0 atom stereocenters. The quantitative estimate of drug-likeness (QED) is 0.526. The van der Waals surface area contributed by atoms with Crippen LogP contribution >= 0.6 is 12.4 Å². The number of anilines is 2. The molecule has 0 saturated carbocycles. The Morgan fingerprint density at radius 1 is 1.18 bits per heavy atom. The van der Waals surface area contributed by atoms with E-state index in [0.717, 1.165) is 19.8 Å². The molecule has 0 aliphatic carbocycles.